The van der Waals surface area contributed by atoms with E-state index in [0.717, 1.165) is 0 Å². The molecule has 0 atom stereocenters. The minimum Gasteiger partial charge on any atom is -0.444 e. The van der Waals surface area contributed by atoms with E-state index in [9.17, 15) is 19.1 Å². The molecule has 1 aliphatic heterocycles. The molecule has 1 saturated heterocycles. The maximum atomic E-state index is 13.6. The van der Waals surface area contributed by atoms with E-state index in [1.165, 1.54) is 35.5 Å². The minimum atomic E-state index is -1.27. The zero-order valence-electron chi connectivity index (χ0n) is 20.4. The summed E-state index contributed by atoms with van der Waals surface area (Å²) in [5.41, 5.74) is -0.0789. The highest BCUT2D eigenvalue weighted by atomic mass is 19.1. The third-order valence-corrected chi connectivity index (χ3v) is 5.60. The fourth-order valence-electron chi connectivity index (χ4n) is 3.84. The molecule has 36 heavy (non-hydrogen) atoms. The van der Waals surface area contributed by atoms with Crippen LogP contribution in [0.4, 0.5) is 14.9 Å². The Morgan fingerprint density at radius 3 is 2.69 bits per heavy atom. The molecule has 0 unspecified atom stereocenters. The summed E-state index contributed by atoms with van der Waals surface area (Å²) in [5, 5.41) is 24.7. The highest BCUT2D eigenvalue weighted by molar-refractivity contribution is 6.14. The fraction of sp³-hybridized carbons (Fsp3) is 0.375. The van der Waals surface area contributed by atoms with Gasteiger partial charge in [-0.2, -0.15) is 0 Å². The standard InChI is InChI=1S/C24H28FN7O4/c1-23(2,3)36-22(34)32-11-24(35,12-32)10-30-21(33)15-8-28-20-19(15)31-17(9-29-20)18(26)14-6-5-13(25)7-16(14)27-4/h5-9,26-27,35H,10-12H2,1-4H3,(H,28,29)(H,30,33). The molecule has 4 rings (SSSR count). The molecule has 1 fully saturated rings. The summed E-state index contributed by atoms with van der Waals surface area (Å²) in [6.45, 7) is 5.25. The van der Waals surface area contributed by atoms with Crippen molar-refractivity contribution in [1.82, 2.24) is 25.2 Å². The Bertz CT molecular complexity index is 1340. The Morgan fingerprint density at radius 2 is 2.03 bits per heavy atom. The molecule has 11 nitrogen and oxygen atoms in total. The number of benzene rings is 1. The number of aromatic amines is 1. The molecule has 5 N–H and O–H groups in total. The number of H-pyrrole nitrogens is 1. The van der Waals surface area contributed by atoms with Crippen molar-refractivity contribution < 1.29 is 23.8 Å². The summed E-state index contributed by atoms with van der Waals surface area (Å²) in [6, 6.07) is 4.00. The van der Waals surface area contributed by atoms with Crippen molar-refractivity contribution in [3.63, 3.8) is 0 Å². The van der Waals surface area contributed by atoms with Gasteiger partial charge >= 0.3 is 6.09 Å². The lowest BCUT2D eigenvalue weighted by atomic mass is 9.94. The first-order valence-electron chi connectivity index (χ1n) is 11.3. The molecule has 190 valence electrons. The van der Waals surface area contributed by atoms with Crippen molar-refractivity contribution in [3.8, 4) is 0 Å². The zero-order chi connectivity index (χ0) is 26.3. The van der Waals surface area contributed by atoms with E-state index >= 15 is 0 Å². The van der Waals surface area contributed by atoms with Gasteiger partial charge in [-0.3, -0.25) is 10.2 Å². The number of hydrogen-bond acceptors (Lipinski definition) is 8. The number of aliphatic hydroxyl groups is 1. The normalized spacial score (nSPS) is 14.8. The molecule has 0 bridgehead atoms. The third-order valence-electron chi connectivity index (χ3n) is 5.60. The van der Waals surface area contributed by atoms with Crippen LogP contribution in [0, 0.1) is 11.2 Å². The molecule has 0 spiro atoms. The van der Waals surface area contributed by atoms with Crippen LogP contribution >= 0.6 is 0 Å². The van der Waals surface area contributed by atoms with Gasteiger partial charge in [-0.25, -0.2) is 19.2 Å². The number of amides is 2. The second-order valence-corrected chi connectivity index (χ2v) is 9.71. The number of likely N-dealkylation sites (tertiary alicyclic amines) is 1. The van der Waals surface area contributed by atoms with Crippen LogP contribution in [0.1, 0.15) is 42.4 Å². The summed E-state index contributed by atoms with van der Waals surface area (Å²) in [7, 11) is 1.62. The van der Waals surface area contributed by atoms with Crippen LogP contribution in [-0.4, -0.2) is 80.6 Å². The largest absolute Gasteiger partial charge is 0.444 e. The minimum absolute atomic E-state index is 0.00678. The van der Waals surface area contributed by atoms with E-state index in [1.807, 2.05) is 0 Å². The van der Waals surface area contributed by atoms with Gasteiger partial charge in [0.15, 0.2) is 5.65 Å². The van der Waals surface area contributed by atoms with Crippen LogP contribution in [0.15, 0.2) is 30.6 Å². The highest BCUT2D eigenvalue weighted by Gasteiger charge is 2.45. The number of ether oxygens (including phenoxy) is 1. The number of rotatable bonds is 6. The van der Waals surface area contributed by atoms with E-state index in [1.54, 1.807) is 27.8 Å². The molecular formula is C24H28FN7O4. The summed E-state index contributed by atoms with van der Waals surface area (Å²) < 4.78 is 18.9. The van der Waals surface area contributed by atoms with E-state index < -0.39 is 29.0 Å². The maximum absolute atomic E-state index is 13.6. The van der Waals surface area contributed by atoms with Gasteiger partial charge in [-0.1, -0.05) is 0 Å². The van der Waals surface area contributed by atoms with Gasteiger partial charge in [0, 0.05) is 24.5 Å². The number of halogens is 1. The smallest absolute Gasteiger partial charge is 0.410 e. The first kappa shape index (κ1) is 25.0. The predicted molar refractivity (Wildman–Crippen MR) is 131 cm³/mol. The number of β-amino-alcohol motifs (C(OH)–C–C–N with tert-alkyl or cyclic N) is 1. The van der Waals surface area contributed by atoms with Crippen molar-refractivity contribution in [1.29, 1.82) is 5.41 Å². The van der Waals surface area contributed by atoms with Crippen molar-refractivity contribution >= 4 is 34.6 Å². The van der Waals surface area contributed by atoms with Crippen molar-refractivity contribution in [2.45, 2.75) is 32.0 Å². The van der Waals surface area contributed by atoms with Crippen LogP contribution in [0.5, 0.6) is 0 Å². The van der Waals surface area contributed by atoms with Crippen LogP contribution in [0.2, 0.25) is 0 Å². The Labute approximate surface area is 206 Å². The molecule has 3 heterocycles. The highest BCUT2D eigenvalue weighted by Crippen LogP contribution is 2.24. The second-order valence-electron chi connectivity index (χ2n) is 9.71. The van der Waals surface area contributed by atoms with Crippen molar-refractivity contribution in [3.05, 3.63) is 53.2 Å². The topological polar surface area (TPSA) is 156 Å². The van der Waals surface area contributed by atoms with E-state index in [-0.39, 0.29) is 42.1 Å². The van der Waals surface area contributed by atoms with Crippen LogP contribution in [0.3, 0.4) is 0 Å². The average Bonchev–Trinajstić information content (AvgIpc) is 3.22. The molecule has 1 aromatic carbocycles. The van der Waals surface area contributed by atoms with E-state index in [4.69, 9.17) is 10.1 Å². The van der Waals surface area contributed by atoms with E-state index in [2.05, 4.69) is 25.6 Å². The molecule has 2 amide bonds. The lowest BCUT2D eigenvalue weighted by Crippen LogP contribution is -2.68. The third kappa shape index (κ3) is 5.13. The summed E-state index contributed by atoms with van der Waals surface area (Å²) in [4.78, 5) is 37.9. The number of nitrogens with zero attached hydrogens (tertiary/aromatic N) is 3. The van der Waals surface area contributed by atoms with Gasteiger partial charge in [0.2, 0.25) is 0 Å². The fourth-order valence-corrected chi connectivity index (χ4v) is 3.84. The quantitative estimate of drug-likeness (QED) is 0.327. The molecule has 0 radical (unpaired) electrons. The number of aromatic nitrogens is 3. The van der Waals surface area contributed by atoms with Gasteiger partial charge in [0.05, 0.1) is 37.1 Å². The summed E-state index contributed by atoms with van der Waals surface area (Å²) in [5.74, 6) is -0.939. The SMILES string of the molecule is CNc1cc(F)ccc1C(=N)c1cnc2[nH]cc(C(=O)NCC3(O)CN(C(=O)OC(C)(C)C)C3)c2n1. The number of nitrogens with one attached hydrogen (secondary N) is 4. The van der Waals surface area contributed by atoms with Gasteiger partial charge in [0.1, 0.15) is 28.2 Å². The lowest BCUT2D eigenvalue weighted by Gasteiger charge is -2.46. The molecule has 0 saturated carbocycles. The maximum Gasteiger partial charge on any atom is 0.410 e. The zero-order valence-corrected chi connectivity index (χ0v) is 20.4. The molecule has 0 aliphatic carbocycles. The second kappa shape index (κ2) is 9.19. The number of fused-ring (bicyclic) bond motifs is 1. The first-order chi connectivity index (χ1) is 16.9. The Hall–Kier alpha value is -4.06. The Balaban J connectivity index is 1.46. The number of anilines is 1. The summed E-state index contributed by atoms with van der Waals surface area (Å²) in [6.07, 6.45) is 2.32. The molecule has 3 aromatic rings. The van der Waals surface area contributed by atoms with Crippen molar-refractivity contribution in [2.24, 2.45) is 0 Å². The van der Waals surface area contributed by atoms with Gasteiger partial charge in [-0.05, 0) is 39.0 Å². The number of carbonyl (C=O) groups excluding carboxylic acids is 2. The molecule has 12 heteroatoms. The van der Waals surface area contributed by atoms with E-state index in [0.29, 0.717) is 16.9 Å². The van der Waals surface area contributed by atoms with Crippen LogP contribution in [-0.2, 0) is 4.74 Å². The van der Waals surface area contributed by atoms with Crippen LogP contribution in [0.25, 0.3) is 11.2 Å². The monoisotopic (exact) mass is 497 g/mol. The molecule has 1 aliphatic rings. The number of carbonyl (C=O) groups is 2. The average molecular weight is 498 g/mol. The van der Waals surface area contributed by atoms with Crippen LogP contribution < -0.4 is 10.6 Å². The van der Waals surface area contributed by atoms with Crippen molar-refractivity contribution in [2.75, 3.05) is 32.0 Å². The molecule has 2 aromatic heterocycles. The lowest BCUT2D eigenvalue weighted by molar-refractivity contribution is -0.0948. The Morgan fingerprint density at radius 1 is 1.31 bits per heavy atom. The summed E-state index contributed by atoms with van der Waals surface area (Å²) >= 11 is 0. The first-order valence-corrected chi connectivity index (χ1v) is 11.3. The molecular weight excluding hydrogens is 469 g/mol. The predicted octanol–water partition coefficient (Wildman–Crippen LogP) is 2.27. The Kier molecular flexibility index (Phi) is 6.39. The van der Waals surface area contributed by atoms with Gasteiger partial charge in [0.25, 0.3) is 5.91 Å². The van der Waals surface area contributed by atoms with Gasteiger partial charge < -0.3 is 30.4 Å². The number of hydrogen-bond donors (Lipinski definition) is 5. The van der Waals surface area contributed by atoms with Gasteiger partial charge in [-0.15, -0.1) is 0 Å².